The number of rotatable bonds is 4. The first-order valence-corrected chi connectivity index (χ1v) is 8.66. The minimum Gasteiger partial charge on any atom is -0.266 e. The van der Waals surface area contributed by atoms with Crippen molar-refractivity contribution in [3.05, 3.63) is 40.1 Å². The highest BCUT2D eigenvalue weighted by molar-refractivity contribution is 7.92. The number of fused-ring (bicyclic) bond motifs is 1. The summed E-state index contributed by atoms with van der Waals surface area (Å²) >= 11 is 0. The van der Waals surface area contributed by atoms with E-state index in [0.717, 1.165) is 29.1 Å². The van der Waals surface area contributed by atoms with Gasteiger partial charge in [0.1, 0.15) is 5.69 Å². The summed E-state index contributed by atoms with van der Waals surface area (Å²) < 4.78 is 24.6. The normalized spacial score (nSPS) is 15.0. The van der Waals surface area contributed by atoms with Crippen molar-refractivity contribution in [3.63, 3.8) is 0 Å². The quantitative estimate of drug-likeness (QED) is 0.637. The van der Waals surface area contributed by atoms with Crippen molar-refractivity contribution in [2.75, 3.05) is 17.6 Å². The van der Waals surface area contributed by atoms with Gasteiger partial charge in [-0.1, -0.05) is 0 Å². The van der Waals surface area contributed by atoms with Crippen molar-refractivity contribution in [2.45, 2.75) is 18.8 Å². The molecule has 8 heteroatoms. The van der Waals surface area contributed by atoms with Crippen LogP contribution in [0.4, 0.5) is 11.4 Å². The van der Waals surface area contributed by atoms with E-state index in [1.165, 1.54) is 13.1 Å². The molecule has 2 aromatic rings. The minimum atomic E-state index is -3.62. The van der Waals surface area contributed by atoms with Crippen molar-refractivity contribution in [1.82, 2.24) is 4.98 Å². The molecule has 1 aliphatic carbocycles. The average molecular weight is 321 g/mol. The lowest BCUT2D eigenvalue weighted by molar-refractivity contribution is -0.383. The highest BCUT2D eigenvalue weighted by Crippen LogP contribution is 2.41. The number of benzene rings is 1. The molecule has 1 heterocycles. The molecule has 0 saturated heterocycles. The Kier molecular flexibility index (Phi) is 3.28. The molecule has 22 heavy (non-hydrogen) atoms. The second-order valence-electron chi connectivity index (χ2n) is 5.50. The number of aromatic nitrogens is 1. The summed E-state index contributed by atoms with van der Waals surface area (Å²) in [6.45, 7) is 0. The van der Waals surface area contributed by atoms with Crippen LogP contribution in [0, 0.1) is 10.1 Å². The molecular formula is C14H15N3O4S. The molecule has 0 radical (unpaired) electrons. The van der Waals surface area contributed by atoms with Gasteiger partial charge < -0.3 is 0 Å². The predicted molar refractivity (Wildman–Crippen MR) is 83.6 cm³/mol. The van der Waals surface area contributed by atoms with E-state index in [4.69, 9.17) is 0 Å². The minimum absolute atomic E-state index is 0.0554. The van der Waals surface area contributed by atoms with E-state index in [1.807, 2.05) is 6.07 Å². The number of anilines is 1. The van der Waals surface area contributed by atoms with E-state index < -0.39 is 14.9 Å². The number of nitro groups is 1. The third kappa shape index (κ3) is 2.50. The molecular weight excluding hydrogens is 306 g/mol. The molecule has 0 N–H and O–H groups in total. The Hall–Kier alpha value is -2.22. The first-order chi connectivity index (χ1) is 10.3. The highest BCUT2D eigenvalue weighted by atomic mass is 32.2. The molecule has 1 saturated carbocycles. The molecule has 0 aliphatic heterocycles. The van der Waals surface area contributed by atoms with Gasteiger partial charge in [0.2, 0.25) is 10.0 Å². The molecule has 1 aromatic heterocycles. The Labute approximate surface area is 127 Å². The summed E-state index contributed by atoms with van der Waals surface area (Å²) in [5, 5.41) is 11.7. The van der Waals surface area contributed by atoms with Crippen LogP contribution < -0.4 is 4.31 Å². The number of nitrogens with zero attached hydrogens (tertiary/aromatic N) is 3. The molecule has 1 fully saturated rings. The second-order valence-corrected chi connectivity index (χ2v) is 7.51. The van der Waals surface area contributed by atoms with Crippen molar-refractivity contribution >= 4 is 32.3 Å². The van der Waals surface area contributed by atoms with Crippen molar-refractivity contribution in [1.29, 1.82) is 0 Å². The van der Waals surface area contributed by atoms with Crippen LogP contribution in [0.25, 0.3) is 10.9 Å². The van der Waals surface area contributed by atoms with Gasteiger partial charge in [-0.15, -0.1) is 0 Å². The summed E-state index contributed by atoms with van der Waals surface area (Å²) in [5.41, 5.74) is 1.33. The first kappa shape index (κ1) is 14.7. The zero-order chi connectivity index (χ0) is 16.1. The number of pyridine rings is 1. The number of nitro benzene ring substituents is 1. The van der Waals surface area contributed by atoms with Gasteiger partial charge in [0.25, 0.3) is 5.69 Å². The Morgan fingerprint density at radius 3 is 2.50 bits per heavy atom. The van der Waals surface area contributed by atoms with E-state index in [1.54, 1.807) is 12.1 Å². The summed E-state index contributed by atoms with van der Waals surface area (Å²) in [7, 11) is -2.30. The SMILES string of the molecule is CN(c1c([N+](=O)[O-])ccc2nc(C3CC3)ccc12)S(C)(=O)=O. The maximum Gasteiger partial charge on any atom is 0.294 e. The van der Waals surface area contributed by atoms with Crippen molar-refractivity contribution in [3.8, 4) is 0 Å². The van der Waals surface area contributed by atoms with Crippen LogP contribution in [0.1, 0.15) is 24.5 Å². The van der Waals surface area contributed by atoms with Gasteiger partial charge in [-0.05, 0) is 31.0 Å². The Balaban J connectivity index is 2.28. The topological polar surface area (TPSA) is 93.4 Å². The standard InChI is InChI=1S/C14H15N3O4S/c1-16(22(2,20)21)14-10-5-6-11(9-3-4-9)15-12(10)7-8-13(14)17(18)19/h5-9H,3-4H2,1-2H3. The predicted octanol–water partition coefficient (Wildman–Crippen LogP) is 2.42. The molecule has 0 atom stereocenters. The number of hydrogen-bond acceptors (Lipinski definition) is 5. The second kappa shape index (κ2) is 4.91. The molecule has 0 spiro atoms. The molecule has 0 amide bonds. The summed E-state index contributed by atoms with van der Waals surface area (Å²) in [6.07, 6.45) is 3.21. The first-order valence-electron chi connectivity index (χ1n) is 6.81. The Morgan fingerprint density at radius 2 is 1.95 bits per heavy atom. The zero-order valence-electron chi connectivity index (χ0n) is 12.2. The van der Waals surface area contributed by atoms with Gasteiger partial charge in [-0.3, -0.25) is 19.4 Å². The van der Waals surface area contributed by atoms with Crippen LogP contribution in [-0.2, 0) is 10.0 Å². The largest absolute Gasteiger partial charge is 0.294 e. The lowest BCUT2D eigenvalue weighted by atomic mass is 10.1. The van der Waals surface area contributed by atoms with Gasteiger partial charge in [0.15, 0.2) is 0 Å². The monoisotopic (exact) mass is 321 g/mol. The molecule has 3 rings (SSSR count). The fourth-order valence-corrected chi connectivity index (χ4v) is 2.97. The molecule has 0 unspecified atom stereocenters. The Bertz CT molecular complexity index is 875. The molecule has 0 bridgehead atoms. The van der Waals surface area contributed by atoms with Gasteiger partial charge >= 0.3 is 0 Å². The van der Waals surface area contributed by atoms with Crippen LogP contribution in [-0.4, -0.2) is 31.6 Å². The fraction of sp³-hybridized carbons (Fsp3) is 0.357. The maximum atomic E-state index is 11.8. The van der Waals surface area contributed by atoms with Crippen LogP contribution >= 0.6 is 0 Å². The van der Waals surface area contributed by atoms with Crippen LogP contribution in [0.2, 0.25) is 0 Å². The average Bonchev–Trinajstić information content (AvgIpc) is 3.28. The number of hydrogen-bond donors (Lipinski definition) is 0. The fourth-order valence-electron chi connectivity index (χ4n) is 2.44. The van der Waals surface area contributed by atoms with Gasteiger partial charge in [0, 0.05) is 30.1 Å². The third-order valence-electron chi connectivity index (χ3n) is 3.85. The summed E-state index contributed by atoms with van der Waals surface area (Å²) in [5.74, 6) is 0.454. The summed E-state index contributed by atoms with van der Waals surface area (Å²) in [6, 6.07) is 6.42. The summed E-state index contributed by atoms with van der Waals surface area (Å²) in [4.78, 5) is 15.2. The lowest BCUT2D eigenvalue weighted by Crippen LogP contribution is -2.26. The van der Waals surface area contributed by atoms with E-state index in [0.29, 0.717) is 16.8 Å². The highest BCUT2D eigenvalue weighted by Gasteiger charge is 2.28. The molecule has 7 nitrogen and oxygen atoms in total. The maximum absolute atomic E-state index is 11.8. The van der Waals surface area contributed by atoms with Crippen LogP contribution in [0.15, 0.2) is 24.3 Å². The lowest BCUT2D eigenvalue weighted by Gasteiger charge is -2.18. The van der Waals surface area contributed by atoms with Crippen LogP contribution in [0.3, 0.4) is 0 Å². The van der Waals surface area contributed by atoms with Crippen molar-refractivity contribution < 1.29 is 13.3 Å². The van der Waals surface area contributed by atoms with E-state index >= 15 is 0 Å². The zero-order valence-corrected chi connectivity index (χ0v) is 13.0. The molecule has 116 valence electrons. The molecule has 1 aliphatic rings. The van der Waals surface area contributed by atoms with E-state index in [9.17, 15) is 18.5 Å². The molecule has 1 aromatic carbocycles. The van der Waals surface area contributed by atoms with Crippen LogP contribution in [0.5, 0.6) is 0 Å². The van der Waals surface area contributed by atoms with Gasteiger partial charge in [0.05, 0.1) is 16.7 Å². The van der Waals surface area contributed by atoms with E-state index in [-0.39, 0.29) is 11.4 Å². The third-order valence-corrected chi connectivity index (χ3v) is 5.03. The van der Waals surface area contributed by atoms with Crippen molar-refractivity contribution in [2.24, 2.45) is 0 Å². The van der Waals surface area contributed by atoms with E-state index in [2.05, 4.69) is 4.98 Å². The number of sulfonamides is 1. The van der Waals surface area contributed by atoms with Gasteiger partial charge in [-0.25, -0.2) is 8.42 Å². The van der Waals surface area contributed by atoms with Gasteiger partial charge in [-0.2, -0.15) is 0 Å². The Morgan fingerprint density at radius 1 is 1.27 bits per heavy atom. The smallest absolute Gasteiger partial charge is 0.266 e.